The van der Waals surface area contributed by atoms with Crippen LogP contribution in [0.2, 0.25) is 0 Å². The topological polar surface area (TPSA) is 106 Å². The number of hydrogen-bond acceptors (Lipinski definition) is 5. The second-order valence-electron chi connectivity index (χ2n) is 8.03. The predicted octanol–water partition coefficient (Wildman–Crippen LogP) is 2.38. The molecular weight excluding hydrogens is 320 g/mol. The van der Waals surface area contributed by atoms with E-state index in [1.165, 1.54) is 12.8 Å². The molecule has 2 rings (SSSR count). The Morgan fingerprint density at radius 2 is 2.16 bits per heavy atom. The van der Waals surface area contributed by atoms with Gasteiger partial charge in [0.05, 0.1) is 6.61 Å². The maximum atomic E-state index is 11.6. The van der Waals surface area contributed by atoms with E-state index in [-0.39, 0.29) is 12.3 Å². The number of carbonyl (C=O) groups is 1. The summed E-state index contributed by atoms with van der Waals surface area (Å²) in [5.41, 5.74) is 4.82. The molecule has 6 nitrogen and oxygen atoms in total. The third-order valence-electron chi connectivity index (χ3n) is 5.03. The summed E-state index contributed by atoms with van der Waals surface area (Å²) in [7, 11) is 0. The molecule has 1 saturated carbocycles. The SMILES string of the molecule is CC(C)C[C@H](N)C(O)(Cc1cc(OCCC2(C)CC2)ccn1)C(=O)O. The number of carboxylic acids is 1. The molecule has 0 saturated heterocycles. The monoisotopic (exact) mass is 350 g/mol. The third kappa shape index (κ3) is 5.41. The second kappa shape index (κ2) is 7.70. The molecule has 1 aromatic rings. The van der Waals surface area contributed by atoms with Gasteiger partial charge >= 0.3 is 5.97 Å². The number of rotatable bonds is 10. The first-order valence-corrected chi connectivity index (χ1v) is 8.94. The third-order valence-corrected chi connectivity index (χ3v) is 5.03. The lowest BCUT2D eigenvalue weighted by atomic mass is 9.84. The average Bonchev–Trinajstić information content (AvgIpc) is 3.24. The van der Waals surface area contributed by atoms with E-state index >= 15 is 0 Å². The fourth-order valence-electron chi connectivity index (χ4n) is 2.87. The van der Waals surface area contributed by atoms with Crippen molar-refractivity contribution in [2.45, 2.75) is 64.5 Å². The van der Waals surface area contributed by atoms with E-state index in [1.807, 2.05) is 13.8 Å². The summed E-state index contributed by atoms with van der Waals surface area (Å²) in [5, 5.41) is 20.1. The highest BCUT2D eigenvalue weighted by Crippen LogP contribution is 2.47. The lowest BCUT2D eigenvalue weighted by Gasteiger charge is -2.30. The van der Waals surface area contributed by atoms with Crippen LogP contribution in [0.5, 0.6) is 5.75 Å². The van der Waals surface area contributed by atoms with Crippen molar-refractivity contribution < 1.29 is 19.7 Å². The Hall–Kier alpha value is -1.66. The zero-order valence-electron chi connectivity index (χ0n) is 15.4. The number of pyridine rings is 1. The van der Waals surface area contributed by atoms with Crippen LogP contribution in [-0.2, 0) is 11.2 Å². The van der Waals surface area contributed by atoms with Crippen molar-refractivity contribution in [1.29, 1.82) is 0 Å². The standard InChI is InChI=1S/C19H30N2O4/c1-13(2)10-16(20)19(24,17(22)23)12-14-11-15(4-8-21-14)25-9-7-18(3)5-6-18/h4,8,11,13,16,24H,5-7,9-10,12,20H2,1-3H3,(H,22,23)/t16-,19?/m0/s1. The number of aliphatic hydroxyl groups is 1. The minimum atomic E-state index is -2.04. The van der Waals surface area contributed by atoms with Gasteiger partial charge in [-0.2, -0.15) is 0 Å². The molecular formula is C19H30N2O4. The van der Waals surface area contributed by atoms with Crippen LogP contribution in [0.1, 0.15) is 52.1 Å². The molecule has 1 aliphatic carbocycles. The fraction of sp³-hybridized carbons (Fsp3) is 0.684. The molecule has 0 radical (unpaired) electrons. The molecule has 6 heteroatoms. The average molecular weight is 350 g/mol. The molecule has 25 heavy (non-hydrogen) atoms. The summed E-state index contributed by atoms with van der Waals surface area (Å²) in [5.74, 6) is -0.498. The van der Waals surface area contributed by atoms with Crippen molar-refractivity contribution in [3.8, 4) is 5.75 Å². The highest BCUT2D eigenvalue weighted by molar-refractivity contribution is 5.78. The summed E-state index contributed by atoms with van der Waals surface area (Å²) < 4.78 is 5.76. The molecule has 140 valence electrons. The Morgan fingerprint density at radius 3 is 2.72 bits per heavy atom. The molecule has 1 fully saturated rings. The Bertz CT molecular complexity index is 601. The Morgan fingerprint density at radius 1 is 1.48 bits per heavy atom. The summed E-state index contributed by atoms with van der Waals surface area (Å²) in [6, 6.07) is 2.56. The molecule has 1 heterocycles. The molecule has 0 spiro atoms. The maximum Gasteiger partial charge on any atom is 0.337 e. The number of aliphatic carboxylic acids is 1. The normalized spacial score (nSPS) is 19.3. The van der Waals surface area contributed by atoms with Crippen LogP contribution in [-0.4, -0.2) is 39.4 Å². The summed E-state index contributed by atoms with van der Waals surface area (Å²) in [6.45, 7) is 6.75. The van der Waals surface area contributed by atoms with E-state index < -0.39 is 17.6 Å². The first-order valence-electron chi connectivity index (χ1n) is 8.94. The molecule has 2 atom stereocenters. The summed E-state index contributed by atoms with van der Waals surface area (Å²) in [4.78, 5) is 15.8. The first-order chi connectivity index (χ1) is 11.6. The molecule has 1 unspecified atom stereocenters. The molecule has 0 amide bonds. The Kier molecular flexibility index (Phi) is 6.06. The first kappa shape index (κ1) is 19.7. The van der Waals surface area contributed by atoms with Gasteiger partial charge < -0.3 is 20.7 Å². The van der Waals surface area contributed by atoms with Gasteiger partial charge in [0.25, 0.3) is 0 Å². The van der Waals surface area contributed by atoms with Crippen LogP contribution in [0.3, 0.4) is 0 Å². The van der Waals surface area contributed by atoms with Crippen molar-refractivity contribution in [3.05, 3.63) is 24.0 Å². The van der Waals surface area contributed by atoms with Gasteiger partial charge in [0.1, 0.15) is 5.75 Å². The van der Waals surface area contributed by atoms with Crippen molar-refractivity contribution >= 4 is 5.97 Å². The summed E-state index contributed by atoms with van der Waals surface area (Å²) >= 11 is 0. The van der Waals surface area contributed by atoms with Gasteiger partial charge in [0.2, 0.25) is 0 Å². The van der Waals surface area contributed by atoms with E-state index in [1.54, 1.807) is 18.3 Å². The molecule has 0 bridgehead atoms. The van der Waals surface area contributed by atoms with Crippen LogP contribution >= 0.6 is 0 Å². The van der Waals surface area contributed by atoms with Gasteiger partial charge in [-0.05, 0) is 43.1 Å². The number of nitrogens with zero attached hydrogens (tertiary/aromatic N) is 1. The van der Waals surface area contributed by atoms with Crippen molar-refractivity contribution in [2.75, 3.05) is 6.61 Å². The molecule has 1 aromatic heterocycles. The van der Waals surface area contributed by atoms with E-state index in [9.17, 15) is 15.0 Å². The predicted molar refractivity (Wildman–Crippen MR) is 95.4 cm³/mol. The Labute approximate surface area is 149 Å². The Balaban J connectivity index is 2.03. The molecule has 4 N–H and O–H groups in total. The minimum absolute atomic E-state index is 0.148. The number of ether oxygens (including phenoxy) is 1. The smallest absolute Gasteiger partial charge is 0.337 e. The van der Waals surface area contributed by atoms with Gasteiger partial charge in [-0.1, -0.05) is 20.8 Å². The van der Waals surface area contributed by atoms with Crippen LogP contribution in [0.25, 0.3) is 0 Å². The number of carboxylic acid groups (broad SMARTS) is 1. The lowest BCUT2D eigenvalue weighted by Crippen LogP contribution is -2.56. The van der Waals surface area contributed by atoms with Crippen molar-refractivity contribution in [3.63, 3.8) is 0 Å². The largest absolute Gasteiger partial charge is 0.493 e. The lowest BCUT2D eigenvalue weighted by molar-refractivity contribution is -0.161. The number of hydrogen-bond donors (Lipinski definition) is 3. The quantitative estimate of drug-likeness (QED) is 0.598. The van der Waals surface area contributed by atoms with Gasteiger partial charge in [0.15, 0.2) is 5.60 Å². The molecule has 0 aromatic carbocycles. The zero-order chi connectivity index (χ0) is 18.7. The highest BCUT2D eigenvalue weighted by Gasteiger charge is 2.43. The van der Waals surface area contributed by atoms with Crippen molar-refractivity contribution in [2.24, 2.45) is 17.1 Å². The van der Waals surface area contributed by atoms with Crippen molar-refractivity contribution in [1.82, 2.24) is 4.98 Å². The number of nitrogens with two attached hydrogens (primary N) is 1. The highest BCUT2D eigenvalue weighted by atomic mass is 16.5. The van der Waals surface area contributed by atoms with Gasteiger partial charge in [-0.15, -0.1) is 0 Å². The zero-order valence-corrected chi connectivity index (χ0v) is 15.4. The molecule has 1 aliphatic rings. The summed E-state index contributed by atoms with van der Waals surface area (Å²) in [6.07, 6.45) is 5.33. The van der Waals surface area contributed by atoms with E-state index in [0.717, 1.165) is 6.42 Å². The van der Waals surface area contributed by atoms with Gasteiger partial charge in [0, 0.05) is 30.4 Å². The van der Waals surface area contributed by atoms with E-state index in [4.69, 9.17) is 10.5 Å². The van der Waals surface area contributed by atoms with Crippen LogP contribution in [0, 0.1) is 11.3 Å². The van der Waals surface area contributed by atoms with E-state index in [2.05, 4.69) is 11.9 Å². The molecule has 0 aliphatic heterocycles. The van der Waals surface area contributed by atoms with Gasteiger partial charge in [-0.25, -0.2) is 4.79 Å². The number of aromatic nitrogens is 1. The maximum absolute atomic E-state index is 11.6. The minimum Gasteiger partial charge on any atom is -0.493 e. The van der Waals surface area contributed by atoms with E-state index in [0.29, 0.717) is 29.9 Å². The van der Waals surface area contributed by atoms with Gasteiger partial charge in [-0.3, -0.25) is 4.98 Å². The second-order valence-corrected chi connectivity index (χ2v) is 8.03. The fourth-order valence-corrected chi connectivity index (χ4v) is 2.87. The van der Waals surface area contributed by atoms with Crippen LogP contribution in [0.15, 0.2) is 18.3 Å². The van der Waals surface area contributed by atoms with Crippen LogP contribution < -0.4 is 10.5 Å². The van der Waals surface area contributed by atoms with Crippen LogP contribution in [0.4, 0.5) is 0 Å².